The van der Waals surface area contributed by atoms with Crippen molar-refractivity contribution >= 4 is 0 Å². The predicted octanol–water partition coefficient (Wildman–Crippen LogP) is 4.25. The summed E-state index contributed by atoms with van der Waals surface area (Å²) in [6.45, 7) is 9.56. The fourth-order valence-electron chi connectivity index (χ4n) is 2.45. The summed E-state index contributed by atoms with van der Waals surface area (Å²) in [5, 5.41) is 0. The van der Waals surface area contributed by atoms with Gasteiger partial charge in [-0.25, -0.2) is 0 Å². The second kappa shape index (κ2) is 3.81. The first-order valence-electron chi connectivity index (χ1n) is 5.61. The van der Waals surface area contributed by atoms with E-state index in [-0.39, 0.29) is 0 Å². The third kappa shape index (κ3) is 2.50. The molecule has 1 atom stereocenters. The number of rotatable bonds is 5. The van der Waals surface area contributed by atoms with Crippen LogP contribution in [0.4, 0.5) is 0 Å². The van der Waals surface area contributed by atoms with Crippen LogP contribution in [0.25, 0.3) is 0 Å². The Bertz CT molecular complexity index is 129. The third-order valence-electron chi connectivity index (χ3n) is 3.77. The molecule has 0 nitrogen and oxygen atoms in total. The van der Waals surface area contributed by atoms with Crippen molar-refractivity contribution in [1.29, 1.82) is 0 Å². The summed E-state index contributed by atoms with van der Waals surface area (Å²) in [6.07, 6.45) is 7.18. The van der Waals surface area contributed by atoms with E-state index >= 15 is 0 Å². The molecule has 72 valence electrons. The topological polar surface area (TPSA) is 0 Å². The van der Waals surface area contributed by atoms with E-state index in [9.17, 15) is 0 Å². The van der Waals surface area contributed by atoms with Crippen molar-refractivity contribution in [3.05, 3.63) is 0 Å². The third-order valence-corrected chi connectivity index (χ3v) is 3.77. The van der Waals surface area contributed by atoms with E-state index in [1.165, 1.54) is 32.1 Å². The number of hydrogen-bond acceptors (Lipinski definition) is 0. The molecule has 0 aromatic rings. The molecule has 0 N–H and O–H groups in total. The lowest BCUT2D eigenvalue weighted by Gasteiger charge is -2.24. The van der Waals surface area contributed by atoms with Gasteiger partial charge in [-0.1, -0.05) is 40.5 Å². The zero-order valence-electron chi connectivity index (χ0n) is 9.19. The van der Waals surface area contributed by atoms with Crippen LogP contribution in [0, 0.1) is 17.3 Å². The van der Waals surface area contributed by atoms with E-state index in [1.54, 1.807) is 0 Å². The Morgan fingerprint density at radius 3 is 2.00 bits per heavy atom. The van der Waals surface area contributed by atoms with Gasteiger partial charge in [-0.05, 0) is 36.5 Å². The highest BCUT2D eigenvalue weighted by molar-refractivity contribution is 4.90. The summed E-state index contributed by atoms with van der Waals surface area (Å²) in [5.41, 5.74) is 0.752. The first-order valence-corrected chi connectivity index (χ1v) is 5.61. The summed E-state index contributed by atoms with van der Waals surface area (Å²) in [6, 6.07) is 0. The van der Waals surface area contributed by atoms with Crippen LogP contribution in [0.3, 0.4) is 0 Å². The molecule has 12 heavy (non-hydrogen) atoms. The maximum absolute atomic E-state index is 2.45. The number of hydrogen-bond donors (Lipinski definition) is 0. The van der Waals surface area contributed by atoms with E-state index in [0.29, 0.717) is 0 Å². The van der Waals surface area contributed by atoms with Crippen molar-refractivity contribution in [2.24, 2.45) is 17.3 Å². The molecular weight excluding hydrogens is 144 g/mol. The zero-order valence-corrected chi connectivity index (χ0v) is 9.19. The molecule has 1 rings (SSSR count). The smallest absolute Gasteiger partial charge is 0.0323 e. The second-order valence-corrected chi connectivity index (χ2v) is 5.07. The Morgan fingerprint density at radius 1 is 1.17 bits per heavy atom. The van der Waals surface area contributed by atoms with Crippen molar-refractivity contribution in [2.45, 2.75) is 59.8 Å². The van der Waals surface area contributed by atoms with Crippen molar-refractivity contribution in [2.75, 3.05) is 0 Å². The molecule has 0 bridgehead atoms. The quantitative estimate of drug-likeness (QED) is 0.575. The molecule has 0 spiro atoms. The van der Waals surface area contributed by atoms with E-state index in [4.69, 9.17) is 0 Å². The van der Waals surface area contributed by atoms with E-state index in [0.717, 1.165) is 17.3 Å². The highest BCUT2D eigenvalue weighted by Crippen LogP contribution is 2.51. The predicted molar refractivity (Wildman–Crippen MR) is 55.2 cm³/mol. The summed E-state index contributed by atoms with van der Waals surface area (Å²) in [5.74, 6) is 1.93. The van der Waals surface area contributed by atoms with E-state index in [1.807, 2.05) is 0 Å². The van der Waals surface area contributed by atoms with Crippen LogP contribution in [0.2, 0.25) is 0 Å². The molecule has 0 radical (unpaired) electrons. The molecule has 0 heteroatoms. The molecule has 1 fully saturated rings. The highest BCUT2D eigenvalue weighted by atomic mass is 14.4. The van der Waals surface area contributed by atoms with Gasteiger partial charge in [0.2, 0.25) is 0 Å². The Balaban J connectivity index is 2.30. The van der Waals surface area contributed by atoms with Crippen molar-refractivity contribution in [3.63, 3.8) is 0 Å². The van der Waals surface area contributed by atoms with E-state index < -0.39 is 0 Å². The van der Waals surface area contributed by atoms with Gasteiger partial charge in [-0.3, -0.25) is 0 Å². The van der Waals surface area contributed by atoms with Gasteiger partial charge in [0.05, 0.1) is 0 Å². The molecule has 0 heterocycles. The average molecular weight is 168 g/mol. The van der Waals surface area contributed by atoms with Gasteiger partial charge in [-0.15, -0.1) is 0 Å². The SMILES string of the molecule is CCC(CC)C(C)CC1(C)CC1. The Hall–Kier alpha value is 0. The molecule has 0 aliphatic heterocycles. The Morgan fingerprint density at radius 2 is 1.67 bits per heavy atom. The highest BCUT2D eigenvalue weighted by Gasteiger charge is 2.38. The van der Waals surface area contributed by atoms with Gasteiger partial charge >= 0.3 is 0 Å². The molecule has 1 aliphatic carbocycles. The molecule has 1 saturated carbocycles. The van der Waals surface area contributed by atoms with Gasteiger partial charge in [0.15, 0.2) is 0 Å². The molecular formula is C12H24. The van der Waals surface area contributed by atoms with Gasteiger partial charge in [0, 0.05) is 0 Å². The Kier molecular flexibility index (Phi) is 3.20. The summed E-state index contributed by atoms with van der Waals surface area (Å²) >= 11 is 0. The van der Waals surface area contributed by atoms with Gasteiger partial charge < -0.3 is 0 Å². The lowest BCUT2D eigenvalue weighted by molar-refractivity contribution is 0.271. The van der Waals surface area contributed by atoms with Gasteiger partial charge in [-0.2, -0.15) is 0 Å². The maximum Gasteiger partial charge on any atom is -0.0323 e. The molecule has 0 saturated heterocycles. The molecule has 0 aromatic carbocycles. The molecule has 0 amide bonds. The van der Waals surface area contributed by atoms with Crippen molar-refractivity contribution in [1.82, 2.24) is 0 Å². The summed E-state index contributed by atoms with van der Waals surface area (Å²) in [7, 11) is 0. The lowest BCUT2D eigenvalue weighted by Crippen LogP contribution is -2.13. The van der Waals surface area contributed by atoms with Crippen LogP contribution in [0.1, 0.15) is 59.8 Å². The van der Waals surface area contributed by atoms with Crippen LogP contribution in [-0.2, 0) is 0 Å². The van der Waals surface area contributed by atoms with Crippen LogP contribution in [-0.4, -0.2) is 0 Å². The minimum atomic E-state index is 0.752. The molecule has 1 aliphatic rings. The first kappa shape index (κ1) is 10.1. The summed E-state index contributed by atoms with van der Waals surface area (Å²) < 4.78 is 0. The van der Waals surface area contributed by atoms with Crippen molar-refractivity contribution in [3.8, 4) is 0 Å². The first-order chi connectivity index (χ1) is 5.61. The second-order valence-electron chi connectivity index (χ2n) is 5.07. The summed E-state index contributed by atoms with van der Waals surface area (Å²) in [4.78, 5) is 0. The Labute approximate surface area is 77.7 Å². The fourth-order valence-corrected chi connectivity index (χ4v) is 2.45. The van der Waals surface area contributed by atoms with E-state index in [2.05, 4.69) is 27.7 Å². The maximum atomic E-state index is 2.45. The van der Waals surface area contributed by atoms with Crippen LogP contribution < -0.4 is 0 Å². The van der Waals surface area contributed by atoms with Gasteiger partial charge in [0.25, 0.3) is 0 Å². The van der Waals surface area contributed by atoms with Crippen LogP contribution in [0.5, 0.6) is 0 Å². The van der Waals surface area contributed by atoms with Gasteiger partial charge in [0.1, 0.15) is 0 Å². The monoisotopic (exact) mass is 168 g/mol. The largest absolute Gasteiger partial charge is 0.0651 e. The van der Waals surface area contributed by atoms with Crippen LogP contribution >= 0.6 is 0 Å². The minimum absolute atomic E-state index is 0.752. The van der Waals surface area contributed by atoms with Crippen LogP contribution in [0.15, 0.2) is 0 Å². The zero-order chi connectivity index (χ0) is 9.19. The standard InChI is InChI=1S/C12H24/c1-5-11(6-2)10(3)9-12(4)7-8-12/h10-11H,5-9H2,1-4H3. The lowest BCUT2D eigenvalue weighted by atomic mass is 9.82. The average Bonchev–Trinajstić information content (AvgIpc) is 2.70. The normalized spacial score (nSPS) is 22.8. The minimum Gasteiger partial charge on any atom is -0.0651 e. The molecule has 1 unspecified atom stereocenters. The fraction of sp³-hybridized carbons (Fsp3) is 1.00. The van der Waals surface area contributed by atoms with Crippen molar-refractivity contribution < 1.29 is 0 Å². The molecule has 0 aromatic heterocycles.